The quantitative estimate of drug-likeness (QED) is 0.917. The average Bonchev–Trinajstić information content (AvgIpc) is 2.47. The number of ether oxygens (including phenoxy) is 1. The molecule has 0 radical (unpaired) electrons. The van der Waals surface area contributed by atoms with Gasteiger partial charge in [0.2, 0.25) is 0 Å². The van der Waals surface area contributed by atoms with E-state index in [1.165, 1.54) is 19.2 Å². The fraction of sp³-hybridized carbons (Fsp3) is 0.200. The van der Waals surface area contributed by atoms with Gasteiger partial charge in [0.1, 0.15) is 5.75 Å². The minimum atomic E-state index is -3.54. The van der Waals surface area contributed by atoms with Crippen molar-refractivity contribution in [3.05, 3.63) is 60.2 Å². The molecule has 0 aliphatic rings. The summed E-state index contributed by atoms with van der Waals surface area (Å²) in [7, 11) is -2.05. The minimum Gasteiger partial charge on any atom is -0.496 e. The van der Waals surface area contributed by atoms with Crippen LogP contribution in [-0.2, 0) is 9.84 Å². The molecule has 2 rings (SSSR count). The summed E-state index contributed by atoms with van der Waals surface area (Å²) in [5.74, 6) is 0.0976. The lowest BCUT2D eigenvalue weighted by Crippen LogP contribution is -2.15. The Morgan fingerprint density at radius 2 is 1.65 bits per heavy atom. The third-order valence-electron chi connectivity index (χ3n) is 2.98. The summed E-state index contributed by atoms with van der Waals surface area (Å²) in [5.41, 5.74) is 0.467. The van der Waals surface area contributed by atoms with Crippen LogP contribution in [0, 0.1) is 0 Å². The molecular formula is C15H16O4S. The van der Waals surface area contributed by atoms with Crippen molar-refractivity contribution in [2.24, 2.45) is 0 Å². The third-order valence-corrected chi connectivity index (χ3v) is 4.72. The van der Waals surface area contributed by atoms with Crippen molar-refractivity contribution >= 4 is 9.84 Å². The van der Waals surface area contributed by atoms with E-state index in [9.17, 15) is 13.5 Å². The molecule has 0 aliphatic carbocycles. The number of sulfone groups is 1. The van der Waals surface area contributed by atoms with E-state index in [1.54, 1.807) is 42.5 Å². The Kier molecular flexibility index (Phi) is 4.42. The molecule has 4 nitrogen and oxygen atoms in total. The summed E-state index contributed by atoms with van der Waals surface area (Å²) in [6.45, 7) is 0. The summed E-state index contributed by atoms with van der Waals surface area (Å²) < 4.78 is 29.6. The summed E-state index contributed by atoms with van der Waals surface area (Å²) >= 11 is 0. The molecule has 106 valence electrons. The topological polar surface area (TPSA) is 63.6 Å². The van der Waals surface area contributed by atoms with E-state index in [0.29, 0.717) is 11.3 Å². The zero-order chi connectivity index (χ0) is 14.6. The zero-order valence-corrected chi connectivity index (χ0v) is 11.9. The van der Waals surface area contributed by atoms with Gasteiger partial charge < -0.3 is 9.84 Å². The number of para-hydroxylation sites is 1. The van der Waals surface area contributed by atoms with Crippen LogP contribution in [-0.4, -0.2) is 26.4 Å². The molecule has 0 aliphatic heterocycles. The van der Waals surface area contributed by atoms with Crippen LogP contribution in [0.3, 0.4) is 0 Å². The van der Waals surface area contributed by atoms with E-state index in [4.69, 9.17) is 4.74 Å². The standard InChI is InChI=1S/C15H16O4S/c1-19-15-10-6-5-9-13(15)14(16)11-20(17,18)12-7-3-2-4-8-12/h2-10,14,16H,11H2,1H3. The van der Waals surface area contributed by atoms with Gasteiger partial charge in [-0.25, -0.2) is 8.42 Å². The SMILES string of the molecule is COc1ccccc1C(O)CS(=O)(=O)c1ccccc1. The van der Waals surface area contributed by atoms with E-state index in [-0.39, 0.29) is 10.6 Å². The van der Waals surface area contributed by atoms with Crippen molar-refractivity contribution in [1.82, 2.24) is 0 Å². The molecule has 0 fully saturated rings. The molecule has 2 aromatic carbocycles. The van der Waals surface area contributed by atoms with Gasteiger partial charge in [0.15, 0.2) is 9.84 Å². The molecule has 0 heterocycles. The number of hydrogen-bond donors (Lipinski definition) is 1. The van der Waals surface area contributed by atoms with Crippen molar-refractivity contribution in [1.29, 1.82) is 0 Å². The Morgan fingerprint density at radius 1 is 1.05 bits per heavy atom. The second kappa shape index (κ2) is 6.07. The molecule has 0 amide bonds. The normalized spacial score (nSPS) is 12.9. The first-order valence-corrected chi connectivity index (χ1v) is 7.78. The van der Waals surface area contributed by atoms with Gasteiger partial charge in [-0.1, -0.05) is 36.4 Å². The zero-order valence-electron chi connectivity index (χ0n) is 11.1. The van der Waals surface area contributed by atoms with Crippen LogP contribution in [0.25, 0.3) is 0 Å². The number of benzene rings is 2. The molecule has 0 bridgehead atoms. The van der Waals surface area contributed by atoms with Crippen molar-refractivity contribution in [3.8, 4) is 5.75 Å². The molecule has 0 spiro atoms. The maximum Gasteiger partial charge on any atom is 0.181 e. The second-order valence-electron chi connectivity index (χ2n) is 4.35. The molecule has 1 N–H and O–H groups in total. The van der Waals surface area contributed by atoms with Gasteiger partial charge in [-0.2, -0.15) is 0 Å². The summed E-state index contributed by atoms with van der Waals surface area (Å²) in [6, 6.07) is 14.9. The molecule has 0 aromatic heterocycles. The van der Waals surface area contributed by atoms with Gasteiger partial charge in [-0.3, -0.25) is 0 Å². The lowest BCUT2D eigenvalue weighted by atomic mass is 10.1. The van der Waals surface area contributed by atoms with Gasteiger partial charge in [0, 0.05) is 5.56 Å². The van der Waals surface area contributed by atoms with Gasteiger partial charge in [-0.05, 0) is 18.2 Å². The van der Waals surface area contributed by atoms with Gasteiger partial charge >= 0.3 is 0 Å². The van der Waals surface area contributed by atoms with Crippen LogP contribution in [0.2, 0.25) is 0 Å². The molecule has 0 saturated carbocycles. The van der Waals surface area contributed by atoms with Crippen LogP contribution < -0.4 is 4.74 Å². The van der Waals surface area contributed by atoms with Crippen LogP contribution in [0.15, 0.2) is 59.5 Å². The number of aliphatic hydroxyl groups is 1. The lowest BCUT2D eigenvalue weighted by Gasteiger charge is -2.14. The van der Waals surface area contributed by atoms with E-state index in [1.807, 2.05) is 0 Å². The summed E-state index contributed by atoms with van der Waals surface area (Å²) in [5, 5.41) is 10.2. The highest BCUT2D eigenvalue weighted by atomic mass is 32.2. The number of hydrogen-bond acceptors (Lipinski definition) is 4. The average molecular weight is 292 g/mol. The number of rotatable bonds is 5. The molecule has 1 atom stereocenters. The van der Waals surface area contributed by atoms with Gasteiger partial charge in [0.05, 0.1) is 23.9 Å². The van der Waals surface area contributed by atoms with Gasteiger partial charge in [-0.15, -0.1) is 0 Å². The molecular weight excluding hydrogens is 276 g/mol. The van der Waals surface area contributed by atoms with Gasteiger partial charge in [0.25, 0.3) is 0 Å². The molecule has 20 heavy (non-hydrogen) atoms. The highest BCUT2D eigenvalue weighted by Crippen LogP contribution is 2.27. The minimum absolute atomic E-state index is 0.203. The highest BCUT2D eigenvalue weighted by Gasteiger charge is 2.22. The fourth-order valence-corrected chi connectivity index (χ4v) is 3.32. The predicted octanol–water partition coefficient (Wildman–Crippen LogP) is 2.20. The fourth-order valence-electron chi connectivity index (χ4n) is 1.96. The molecule has 1 unspecified atom stereocenters. The van der Waals surface area contributed by atoms with E-state index < -0.39 is 15.9 Å². The van der Waals surface area contributed by atoms with Crippen molar-refractivity contribution in [3.63, 3.8) is 0 Å². The van der Waals surface area contributed by atoms with Crippen LogP contribution in [0.1, 0.15) is 11.7 Å². The second-order valence-corrected chi connectivity index (χ2v) is 6.39. The largest absolute Gasteiger partial charge is 0.496 e. The van der Waals surface area contributed by atoms with Crippen molar-refractivity contribution in [2.45, 2.75) is 11.0 Å². The van der Waals surface area contributed by atoms with E-state index in [0.717, 1.165) is 0 Å². The van der Waals surface area contributed by atoms with Crippen molar-refractivity contribution < 1.29 is 18.3 Å². The molecule has 2 aromatic rings. The Balaban J connectivity index is 2.26. The Hall–Kier alpha value is -1.85. The first-order valence-electron chi connectivity index (χ1n) is 6.13. The van der Waals surface area contributed by atoms with Crippen LogP contribution in [0.5, 0.6) is 5.75 Å². The Labute approximate surface area is 118 Å². The van der Waals surface area contributed by atoms with E-state index in [2.05, 4.69) is 0 Å². The lowest BCUT2D eigenvalue weighted by molar-refractivity contribution is 0.196. The number of aliphatic hydroxyl groups excluding tert-OH is 1. The first kappa shape index (κ1) is 14.6. The molecule has 0 saturated heterocycles. The van der Waals surface area contributed by atoms with Crippen LogP contribution in [0.4, 0.5) is 0 Å². The first-order chi connectivity index (χ1) is 9.54. The third kappa shape index (κ3) is 3.18. The summed E-state index contributed by atoms with van der Waals surface area (Å²) in [6.07, 6.45) is -1.13. The molecule has 5 heteroatoms. The van der Waals surface area contributed by atoms with E-state index >= 15 is 0 Å². The Morgan fingerprint density at radius 3 is 2.30 bits per heavy atom. The monoisotopic (exact) mass is 292 g/mol. The smallest absolute Gasteiger partial charge is 0.181 e. The highest BCUT2D eigenvalue weighted by molar-refractivity contribution is 7.91. The maximum atomic E-state index is 12.2. The summed E-state index contributed by atoms with van der Waals surface area (Å²) in [4.78, 5) is 0.203. The van der Waals surface area contributed by atoms with Crippen LogP contribution >= 0.6 is 0 Å². The number of methoxy groups -OCH3 is 1. The predicted molar refractivity (Wildman–Crippen MR) is 76.4 cm³/mol. The Bertz CT molecular complexity index is 665. The maximum absolute atomic E-state index is 12.2. The van der Waals surface area contributed by atoms with Crippen molar-refractivity contribution in [2.75, 3.05) is 12.9 Å².